The highest BCUT2D eigenvalue weighted by Crippen LogP contribution is 2.24. The second-order valence-corrected chi connectivity index (χ2v) is 5.78. The smallest absolute Gasteiger partial charge is 0.228 e. The Kier molecular flexibility index (Phi) is 5.20. The van der Waals surface area contributed by atoms with Crippen LogP contribution in [0.1, 0.15) is 46.3 Å². The van der Waals surface area contributed by atoms with Crippen molar-refractivity contribution in [3.63, 3.8) is 0 Å². The predicted octanol–water partition coefficient (Wildman–Crippen LogP) is 3.57. The van der Waals surface area contributed by atoms with Gasteiger partial charge in [-0.2, -0.15) is 0 Å². The predicted molar refractivity (Wildman–Crippen MR) is 73.0 cm³/mol. The number of nitrogens with zero attached hydrogens (tertiary/aromatic N) is 1. The van der Waals surface area contributed by atoms with E-state index in [1.807, 2.05) is 27.7 Å². The quantitative estimate of drug-likeness (QED) is 0.834. The van der Waals surface area contributed by atoms with Crippen LogP contribution in [0.25, 0.3) is 0 Å². The number of carbonyl (C=O) groups excluding carboxylic acids is 1. The summed E-state index contributed by atoms with van der Waals surface area (Å²) in [6, 6.07) is 1.77. The minimum absolute atomic E-state index is 0.0492. The van der Waals surface area contributed by atoms with Crippen LogP contribution >= 0.6 is 11.6 Å². The molecular weight excluding hydrogens is 252 g/mol. The van der Waals surface area contributed by atoms with Gasteiger partial charge >= 0.3 is 0 Å². The van der Waals surface area contributed by atoms with Crippen LogP contribution in [0.4, 0.5) is 5.82 Å². The standard InChI is InChI=1S/C13H21ClN2O2/c1-5-9(6-7-14)12(17)15-11-8-10(18-16-11)13(2,3)4/h8-9H,5-7H2,1-4H3,(H,15,16,17). The van der Waals surface area contributed by atoms with Crippen LogP contribution in [0.3, 0.4) is 0 Å². The van der Waals surface area contributed by atoms with E-state index >= 15 is 0 Å². The van der Waals surface area contributed by atoms with Crippen LogP contribution in [0, 0.1) is 5.92 Å². The van der Waals surface area contributed by atoms with Gasteiger partial charge in [-0.1, -0.05) is 32.9 Å². The van der Waals surface area contributed by atoms with Crippen molar-refractivity contribution in [3.05, 3.63) is 11.8 Å². The number of aromatic nitrogens is 1. The lowest BCUT2D eigenvalue weighted by atomic mass is 9.93. The van der Waals surface area contributed by atoms with Crippen LogP contribution in [0.5, 0.6) is 0 Å². The third-order valence-corrected chi connectivity index (χ3v) is 3.04. The van der Waals surface area contributed by atoms with Crippen LogP contribution in [0.15, 0.2) is 10.6 Å². The maximum absolute atomic E-state index is 11.9. The first kappa shape index (κ1) is 15.0. The Morgan fingerprint density at radius 2 is 2.22 bits per heavy atom. The fourth-order valence-electron chi connectivity index (χ4n) is 1.57. The number of hydrogen-bond donors (Lipinski definition) is 1. The summed E-state index contributed by atoms with van der Waals surface area (Å²) >= 11 is 5.67. The van der Waals surface area contributed by atoms with Crippen LogP contribution in [0.2, 0.25) is 0 Å². The molecule has 5 heteroatoms. The van der Waals surface area contributed by atoms with Gasteiger partial charge in [0, 0.05) is 23.3 Å². The molecule has 1 aromatic heterocycles. The monoisotopic (exact) mass is 272 g/mol. The van der Waals surface area contributed by atoms with Crippen LogP contribution < -0.4 is 5.32 Å². The molecule has 0 saturated carbocycles. The van der Waals surface area contributed by atoms with Crippen molar-refractivity contribution in [2.24, 2.45) is 5.92 Å². The van der Waals surface area contributed by atoms with Crippen molar-refractivity contribution in [2.45, 2.75) is 46.0 Å². The number of halogens is 1. The van der Waals surface area contributed by atoms with E-state index in [1.54, 1.807) is 6.07 Å². The molecule has 0 radical (unpaired) electrons. The molecule has 0 aliphatic rings. The summed E-state index contributed by atoms with van der Waals surface area (Å²) in [5.74, 6) is 1.59. The third-order valence-electron chi connectivity index (χ3n) is 2.82. The SMILES string of the molecule is CCC(CCCl)C(=O)Nc1cc(C(C)(C)C)on1. The van der Waals surface area contributed by atoms with Gasteiger partial charge < -0.3 is 9.84 Å². The van der Waals surface area contributed by atoms with Crippen molar-refractivity contribution in [1.82, 2.24) is 5.16 Å². The second-order valence-electron chi connectivity index (χ2n) is 5.40. The molecule has 0 aromatic carbocycles. The van der Waals surface area contributed by atoms with Crippen molar-refractivity contribution in [3.8, 4) is 0 Å². The number of carbonyl (C=O) groups is 1. The summed E-state index contributed by atoms with van der Waals surface area (Å²) in [4.78, 5) is 11.9. The molecular formula is C13H21ClN2O2. The van der Waals surface area contributed by atoms with E-state index in [0.717, 1.165) is 12.2 Å². The molecule has 0 fully saturated rings. The topological polar surface area (TPSA) is 55.1 Å². The lowest BCUT2D eigenvalue weighted by Crippen LogP contribution is -2.22. The average Bonchev–Trinajstić information content (AvgIpc) is 2.73. The maximum atomic E-state index is 11.9. The van der Waals surface area contributed by atoms with Crippen molar-refractivity contribution in [2.75, 3.05) is 11.2 Å². The van der Waals surface area contributed by atoms with E-state index in [-0.39, 0.29) is 17.2 Å². The second kappa shape index (κ2) is 6.23. The van der Waals surface area contributed by atoms with Crippen molar-refractivity contribution < 1.29 is 9.32 Å². The highest BCUT2D eigenvalue weighted by atomic mass is 35.5. The number of rotatable bonds is 5. The molecule has 1 N–H and O–H groups in total. The highest BCUT2D eigenvalue weighted by Gasteiger charge is 2.22. The van der Waals surface area contributed by atoms with Crippen molar-refractivity contribution >= 4 is 23.3 Å². The molecule has 1 rings (SSSR count). The van der Waals surface area contributed by atoms with Crippen LogP contribution in [-0.2, 0) is 10.2 Å². The van der Waals surface area contributed by atoms with E-state index in [9.17, 15) is 4.79 Å². The fourth-order valence-corrected chi connectivity index (χ4v) is 1.83. The average molecular weight is 273 g/mol. The molecule has 18 heavy (non-hydrogen) atoms. The first-order chi connectivity index (χ1) is 8.38. The van der Waals surface area contributed by atoms with E-state index in [2.05, 4.69) is 10.5 Å². The van der Waals surface area contributed by atoms with Gasteiger partial charge in [0.15, 0.2) is 5.82 Å². The molecule has 0 aliphatic heterocycles. The van der Waals surface area contributed by atoms with Gasteiger partial charge in [-0.05, 0) is 12.8 Å². The highest BCUT2D eigenvalue weighted by molar-refractivity contribution is 6.18. The Morgan fingerprint density at radius 3 is 2.67 bits per heavy atom. The summed E-state index contributed by atoms with van der Waals surface area (Å²) < 4.78 is 5.21. The number of anilines is 1. The molecule has 0 aliphatic carbocycles. The summed E-state index contributed by atoms with van der Waals surface area (Å²) in [5, 5.41) is 6.63. The number of nitrogens with one attached hydrogen (secondary N) is 1. The number of hydrogen-bond acceptors (Lipinski definition) is 3. The summed E-state index contributed by atoms with van der Waals surface area (Å²) in [6.07, 6.45) is 1.44. The molecule has 102 valence electrons. The maximum Gasteiger partial charge on any atom is 0.228 e. The zero-order valence-electron chi connectivity index (χ0n) is 11.4. The lowest BCUT2D eigenvalue weighted by molar-refractivity contribution is -0.120. The number of alkyl halides is 1. The Morgan fingerprint density at radius 1 is 1.56 bits per heavy atom. The van der Waals surface area contributed by atoms with E-state index in [4.69, 9.17) is 16.1 Å². The molecule has 4 nitrogen and oxygen atoms in total. The molecule has 1 atom stereocenters. The zero-order chi connectivity index (χ0) is 13.8. The van der Waals surface area contributed by atoms with Gasteiger partial charge in [0.2, 0.25) is 5.91 Å². The molecule has 1 amide bonds. The Bertz CT molecular complexity index is 396. The van der Waals surface area contributed by atoms with Gasteiger partial charge in [0.1, 0.15) is 5.76 Å². The molecule has 1 heterocycles. The summed E-state index contributed by atoms with van der Waals surface area (Å²) in [7, 11) is 0. The third kappa shape index (κ3) is 4.02. The first-order valence-electron chi connectivity index (χ1n) is 6.22. The zero-order valence-corrected chi connectivity index (χ0v) is 12.2. The van der Waals surface area contributed by atoms with Gasteiger partial charge in [-0.15, -0.1) is 11.6 Å². The van der Waals surface area contributed by atoms with E-state index < -0.39 is 0 Å². The molecule has 0 bridgehead atoms. The van der Waals surface area contributed by atoms with E-state index in [1.165, 1.54) is 0 Å². The fraction of sp³-hybridized carbons (Fsp3) is 0.692. The van der Waals surface area contributed by atoms with Crippen molar-refractivity contribution in [1.29, 1.82) is 0 Å². The Balaban J connectivity index is 2.67. The molecule has 0 saturated heterocycles. The lowest BCUT2D eigenvalue weighted by Gasteiger charge is -2.12. The Hall–Kier alpha value is -1.03. The molecule has 1 unspecified atom stereocenters. The van der Waals surface area contributed by atoms with Gasteiger partial charge in [-0.25, -0.2) is 0 Å². The number of amides is 1. The Labute approximate surface area is 113 Å². The summed E-state index contributed by atoms with van der Waals surface area (Å²) in [5.41, 5.74) is -0.115. The van der Waals surface area contributed by atoms with Gasteiger partial charge in [-0.3, -0.25) is 4.79 Å². The molecule has 0 spiro atoms. The van der Waals surface area contributed by atoms with Gasteiger partial charge in [0.25, 0.3) is 0 Å². The summed E-state index contributed by atoms with van der Waals surface area (Å²) in [6.45, 7) is 8.06. The minimum Gasteiger partial charge on any atom is -0.359 e. The van der Waals surface area contributed by atoms with Crippen LogP contribution in [-0.4, -0.2) is 16.9 Å². The first-order valence-corrected chi connectivity index (χ1v) is 6.76. The normalized spacial score (nSPS) is 13.4. The van der Waals surface area contributed by atoms with Gasteiger partial charge in [0.05, 0.1) is 0 Å². The largest absolute Gasteiger partial charge is 0.359 e. The molecule has 1 aromatic rings. The minimum atomic E-state index is -0.115. The van der Waals surface area contributed by atoms with E-state index in [0.29, 0.717) is 18.1 Å².